The van der Waals surface area contributed by atoms with Crippen molar-refractivity contribution in [2.45, 2.75) is 66.2 Å². The Kier molecular flexibility index (Phi) is 6.67. The van der Waals surface area contributed by atoms with Crippen LogP contribution in [0.1, 0.15) is 63.3 Å². The van der Waals surface area contributed by atoms with Gasteiger partial charge in [0.2, 0.25) is 0 Å². The molecule has 0 spiro atoms. The SMILES string of the molecule is CC(C)(C)OC(=O)C(NC(=O)c1nn(-c2cc(Cl)ccc2F)c2c1COCC2)C(C)(C)C. The minimum atomic E-state index is -0.914. The first-order valence-electron chi connectivity index (χ1n) is 10.5. The molecule has 2 aromatic rings. The molecule has 1 aliphatic heterocycles. The molecule has 1 atom stereocenters. The predicted molar refractivity (Wildman–Crippen MR) is 118 cm³/mol. The molecular formula is C23H29ClFN3O4. The highest BCUT2D eigenvalue weighted by Gasteiger charge is 2.38. The minimum absolute atomic E-state index is 0.0804. The topological polar surface area (TPSA) is 82.5 Å². The van der Waals surface area contributed by atoms with Crippen molar-refractivity contribution < 1.29 is 23.5 Å². The van der Waals surface area contributed by atoms with Gasteiger partial charge in [-0.25, -0.2) is 13.9 Å². The lowest BCUT2D eigenvalue weighted by Crippen LogP contribution is -2.51. The summed E-state index contributed by atoms with van der Waals surface area (Å²) in [4.78, 5) is 26.1. The third-order valence-corrected chi connectivity index (χ3v) is 5.19. The summed E-state index contributed by atoms with van der Waals surface area (Å²) in [5.74, 6) is -1.61. The third kappa shape index (κ3) is 5.30. The van der Waals surface area contributed by atoms with Crippen LogP contribution in [0, 0.1) is 11.2 Å². The Balaban J connectivity index is 2.00. The molecule has 2 heterocycles. The van der Waals surface area contributed by atoms with Crippen LogP contribution in [-0.4, -0.2) is 39.9 Å². The number of ether oxygens (including phenoxy) is 2. The standard InChI is InChI=1S/C23H29ClFN3O4/c1-22(2,3)19(21(30)32-23(4,5)6)26-20(29)18-14-12-31-10-9-16(14)28(27-18)17-11-13(24)7-8-15(17)25/h7-8,11,19H,9-10,12H2,1-6H3,(H,26,29). The zero-order chi connectivity index (χ0) is 23.8. The van der Waals surface area contributed by atoms with E-state index >= 15 is 0 Å². The molecule has 7 nitrogen and oxygen atoms in total. The Morgan fingerprint density at radius 2 is 1.94 bits per heavy atom. The van der Waals surface area contributed by atoms with Crippen LogP contribution in [0.5, 0.6) is 0 Å². The number of rotatable bonds is 4. The summed E-state index contributed by atoms with van der Waals surface area (Å²) in [7, 11) is 0. The quantitative estimate of drug-likeness (QED) is 0.683. The van der Waals surface area contributed by atoms with Gasteiger partial charge in [0.1, 0.15) is 23.1 Å². The number of fused-ring (bicyclic) bond motifs is 1. The van der Waals surface area contributed by atoms with Gasteiger partial charge < -0.3 is 14.8 Å². The Morgan fingerprint density at radius 1 is 1.25 bits per heavy atom. The van der Waals surface area contributed by atoms with Crippen molar-refractivity contribution in [3.8, 4) is 5.69 Å². The van der Waals surface area contributed by atoms with Gasteiger partial charge in [-0.3, -0.25) is 4.79 Å². The van der Waals surface area contributed by atoms with Crippen LogP contribution in [0.2, 0.25) is 5.02 Å². The van der Waals surface area contributed by atoms with Crippen LogP contribution in [0.3, 0.4) is 0 Å². The number of carbonyl (C=O) groups excluding carboxylic acids is 2. The van der Waals surface area contributed by atoms with Gasteiger partial charge in [0.25, 0.3) is 5.91 Å². The molecule has 1 aliphatic rings. The number of carbonyl (C=O) groups is 2. The highest BCUT2D eigenvalue weighted by atomic mass is 35.5. The predicted octanol–water partition coefficient (Wildman–Crippen LogP) is 4.22. The highest BCUT2D eigenvalue weighted by Crippen LogP contribution is 2.28. The van der Waals surface area contributed by atoms with Crippen molar-refractivity contribution in [3.05, 3.63) is 46.0 Å². The largest absolute Gasteiger partial charge is 0.458 e. The maximum atomic E-state index is 14.6. The van der Waals surface area contributed by atoms with E-state index < -0.39 is 34.8 Å². The molecule has 9 heteroatoms. The van der Waals surface area contributed by atoms with Crippen molar-refractivity contribution in [3.63, 3.8) is 0 Å². The maximum absolute atomic E-state index is 14.6. The van der Waals surface area contributed by atoms with Crippen LogP contribution in [0.4, 0.5) is 4.39 Å². The van der Waals surface area contributed by atoms with Crippen molar-refractivity contribution >= 4 is 23.5 Å². The molecule has 0 aliphatic carbocycles. The molecule has 0 fully saturated rings. The zero-order valence-electron chi connectivity index (χ0n) is 19.2. The molecule has 1 N–H and O–H groups in total. The second kappa shape index (κ2) is 8.83. The second-order valence-electron chi connectivity index (χ2n) is 9.89. The van der Waals surface area contributed by atoms with E-state index in [4.69, 9.17) is 21.1 Å². The first-order valence-corrected chi connectivity index (χ1v) is 10.8. The van der Waals surface area contributed by atoms with Gasteiger partial charge in [-0.05, 0) is 44.4 Å². The maximum Gasteiger partial charge on any atom is 0.329 e. The van der Waals surface area contributed by atoms with E-state index in [1.807, 2.05) is 20.8 Å². The molecule has 0 bridgehead atoms. The Bertz CT molecular complexity index is 1040. The highest BCUT2D eigenvalue weighted by molar-refractivity contribution is 6.30. The fourth-order valence-corrected chi connectivity index (χ4v) is 3.62. The van der Waals surface area contributed by atoms with Crippen LogP contribution >= 0.6 is 11.6 Å². The fraction of sp³-hybridized carbons (Fsp3) is 0.522. The molecule has 1 unspecified atom stereocenters. The normalized spacial score (nSPS) is 15.1. The van der Waals surface area contributed by atoms with Crippen molar-refractivity contribution in [2.24, 2.45) is 5.41 Å². The monoisotopic (exact) mass is 465 g/mol. The first-order chi connectivity index (χ1) is 14.8. The van der Waals surface area contributed by atoms with E-state index in [1.165, 1.54) is 22.9 Å². The number of nitrogens with zero attached hydrogens (tertiary/aromatic N) is 2. The van der Waals surface area contributed by atoms with Crippen LogP contribution in [0.15, 0.2) is 18.2 Å². The number of hydrogen-bond donors (Lipinski definition) is 1. The summed E-state index contributed by atoms with van der Waals surface area (Å²) in [5, 5.41) is 7.53. The van der Waals surface area contributed by atoms with Crippen LogP contribution < -0.4 is 5.32 Å². The van der Waals surface area contributed by atoms with Gasteiger partial charge in [-0.2, -0.15) is 5.10 Å². The molecular weight excluding hydrogens is 437 g/mol. The first kappa shape index (κ1) is 24.2. The van der Waals surface area contributed by atoms with Gasteiger partial charge in [0.15, 0.2) is 5.69 Å². The molecule has 32 heavy (non-hydrogen) atoms. The lowest BCUT2D eigenvalue weighted by atomic mass is 9.86. The molecule has 0 saturated carbocycles. The number of halogens is 2. The summed E-state index contributed by atoms with van der Waals surface area (Å²) < 4.78 is 27.0. The lowest BCUT2D eigenvalue weighted by Gasteiger charge is -2.32. The van der Waals surface area contributed by atoms with E-state index in [1.54, 1.807) is 20.8 Å². The summed E-state index contributed by atoms with van der Waals surface area (Å²) in [6, 6.07) is 3.24. The van der Waals surface area contributed by atoms with Crippen LogP contribution in [0.25, 0.3) is 5.69 Å². The molecule has 0 radical (unpaired) electrons. The number of hydrogen-bond acceptors (Lipinski definition) is 5. The molecule has 1 amide bonds. The van der Waals surface area contributed by atoms with E-state index in [9.17, 15) is 14.0 Å². The van der Waals surface area contributed by atoms with E-state index in [-0.39, 0.29) is 18.0 Å². The van der Waals surface area contributed by atoms with Gasteiger partial charge in [-0.15, -0.1) is 0 Å². The Morgan fingerprint density at radius 3 is 2.56 bits per heavy atom. The van der Waals surface area contributed by atoms with Crippen LogP contribution in [-0.2, 0) is 27.3 Å². The molecule has 3 rings (SSSR count). The minimum Gasteiger partial charge on any atom is -0.458 e. The van der Waals surface area contributed by atoms with Gasteiger partial charge in [0.05, 0.1) is 18.9 Å². The van der Waals surface area contributed by atoms with Crippen molar-refractivity contribution in [1.29, 1.82) is 0 Å². The number of nitrogens with one attached hydrogen (secondary N) is 1. The van der Waals surface area contributed by atoms with Gasteiger partial charge in [-0.1, -0.05) is 32.4 Å². The smallest absolute Gasteiger partial charge is 0.329 e. The van der Waals surface area contributed by atoms with E-state index in [0.29, 0.717) is 29.3 Å². The molecule has 1 aromatic heterocycles. The summed E-state index contributed by atoms with van der Waals surface area (Å²) >= 11 is 6.06. The Labute approximate surface area is 192 Å². The summed E-state index contributed by atoms with van der Waals surface area (Å²) in [6.45, 7) is 11.4. The fourth-order valence-electron chi connectivity index (χ4n) is 3.46. The van der Waals surface area contributed by atoms with Gasteiger partial charge in [0, 0.05) is 17.0 Å². The average Bonchev–Trinajstić information content (AvgIpc) is 3.05. The molecule has 0 saturated heterocycles. The molecule has 1 aromatic carbocycles. The average molecular weight is 466 g/mol. The van der Waals surface area contributed by atoms with Crippen molar-refractivity contribution in [1.82, 2.24) is 15.1 Å². The van der Waals surface area contributed by atoms with E-state index in [0.717, 1.165) is 0 Å². The summed E-state index contributed by atoms with van der Waals surface area (Å²) in [5.41, 5.74) is 0.142. The second-order valence-corrected chi connectivity index (χ2v) is 10.3. The molecule has 174 valence electrons. The number of aromatic nitrogens is 2. The number of esters is 1. The lowest BCUT2D eigenvalue weighted by molar-refractivity contribution is -0.160. The zero-order valence-corrected chi connectivity index (χ0v) is 20.0. The Hall–Kier alpha value is -2.45. The number of amides is 1. The summed E-state index contributed by atoms with van der Waals surface area (Å²) in [6.07, 6.45) is 0.455. The van der Waals surface area contributed by atoms with Gasteiger partial charge >= 0.3 is 5.97 Å². The number of benzene rings is 1. The third-order valence-electron chi connectivity index (χ3n) is 4.95. The van der Waals surface area contributed by atoms with E-state index in [2.05, 4.69) is 10.4 Å². The van der Waals surface area contributed by atoms with Crippen molar-refractivity contribution in [2.75, 3.05) is 6.61 Å².